The molecule has 0 fully saturated rings. The zero-order valence-corrected chi connectivity index (χ0v) is 17.8. The number of anilines is 1. The molecule has 2 aromatic carbocycles. The van der Waals surface area contributed by atoms with Gasteiger partial charge in [-0.15, -0.1) is 6.58 Å². The van der Waals surface area contributed by atoms with Gasteiger partial charge in [0.15, 0.2) is 0 Å². The fraction of sp³-hybridized carbons (Fsp3) is 0.273. The Bertz CT molecular complexity index is 1080. The standard InChI is InChI=1S/C22H20F4N2O3S/c1-3-8-32(31)13-20(21(29)30)28(19-10-15(11-27)5-4-14(19)2)12-16-6-7-18(23)17(9-16)22(24,25)26/h3-7,9-10,20H,1,8,12-13H2,2H3,(H,29,30)/t20-,32?/m0/s1. The van der Waals surface area contributed by atoms with Crippen LogP contribution in [0.5, 0.6) is 0 Å². The Hall–Kier alpha value is -3.19. The fourth-order valence-electron chi connectivity index (χ4n) is 3.11. The second-order valence-corrected chi connectivity index (χ2v) is 8.52. The molecule has 0 radical (unpaired) electrons. The van der Waals surface area contributed by atoms with Crippen LogP contribution in [0.2, 0.25) is 0 Å². The third kappa shape index (κ3) is 6.17. The van der Waals surface area contributed by atoms with Crippen LogP contribution in [0.4, 0.5) is 23.2 Å². The number of nitriles is 1. The van der Waals surface area contributed by atoms with E-state index in [1.54, 1.807) is 13.0 Å². The number of hydrogen-bond donors (Lipinski definition) is 1. The number of aliphatic carboxylic acids is 1. The Labute approximate surface area is 185 Å². The number of rotatable bonds is 9. The summed E-state index contributed by atoms with van der Waals surface area (Å²) in [5.74, 6) is -3.09. The van der Waals surface area contributed by atoms with Crippen LogP contribution in [0.3, 0.4) is 0 Å². The highest BCUT2D eigenvalue weighted by molar-refractivity contribution is 7.85. The second kappa shape index (κ2) is 10.4. The number of benzene rings is 2. The second-order valence-electron chi connectivity index (χ2n) is 6.97. The molecular formula is C22H20F4N2O3S. The predicted molar refractivity (Wildman–Crippen MR) is 113 cm³/mol. The lowest BCUT2D eigenvalue weighted by atomic mass is 10.0. The minimum absolute atomic E-state index is 0.00115. The number of alkyl halides is 3. The molecule has 0 amide bonds. The number of carbonyl (C=O) groups is 1. The minimum atomic E-state index is -4.93. The molecule has 2 atom stereocenters. The van der Waals surface area contributed by atoms with E-state index in [0.717, 1.165) is 6.07 Å². The number of carboxylic acid groups (broad SMARTS) is 1. The summed E-state index contributed by atoms with van der Waals surface area (Å²) in [6.45, 7) is 4.77. The molecule has 0 aliphatic rings. The molecule has 0 bridgehead atoms. The minimum Gasteiger partial charge on any atom is -0.480 e. The first-order valence-corrected chi connectivity index (χ1v) is 10.8. The summed E-state index contributed by atoms with van der Waals surface area (Å²) in [5.41, 5.74) is -0.421. The Kier molecular flexibility index (Phi) is 8.16. The monoisotopic (exact) mass is 468 g/mol. The fourth-order valence-corrected chi connectivity index (χ4v) is 4.18. The molecule has 0 spiro atoms. The molecular weight excluding hydrogens is 448 g/mol. The van der Waals surface area contributed by atoms with Gasteiger partial charge in [-0.25, -0.2) is 9.18 Å². The molecule has 2 aromatic rings. The molecule has 10 heteroatoms. The first-order chi connectivity index (χ1) is 15.0. The van der Waals surface area contributed by atoms with Crippen molar-refractivity contribution in [3.63, 3.8) is 0 Å². The van der Waals surface area contributed by atoms with E-state index in [4.69, 9.17) is 0 Å². The van der Waals surface area contributed by atoms with Crippen molar-refractivity contribution in [3.05, 3.63) is 77.1 Å². The highest BCUT2D eigenvalue weighted by Crippen LogP contribution is 2.33. The molecule has 0 aliphatic heterocycles. The van der Waals surface area contributed by atoms with Gasteiger partial charge >= 0.3 is 12.1 Å². The van der Waals surface area contributed by atoms with Gasteiger partial charge in [0, 0.05) is 28.8 Å². The lowest BCUT2D eigenvalue weighted by Crippen LogP contribution is -2.45. The van der Waals surface area contributed by atoms with Crippen molar-refractivity contribution in [3.8, 4) is 6.07 Å². The summed E-state index contributed by atoms with van der Waals surface area (Å²) in [5, 5.41) is 19.1. The highest BCUT2D eigenvalue weighted by atomic mass is 32.2. The van der Waals surface area contributed by atoms with Crippen molar-refractivity contribution in [2.24, 2.45) is 0 Å². The molecule has 0 aromatic heterocycles. The van der Waals surface area contributed by atoms with Crippen LogP contribution in [0.15, 0.2) is 49.1 Å². The van der Waals surface area contributed by atoms with Crippen molar-refractivity contribution in [2.75, 3.05) is 16.4 Å². The molecule has 170 valence electrons. The van der Waals surface area contributed by atoms with E-state index in [0.29, 0.717) is 17.7 Å². The molecule has 0 aliphatic carbocycles. The van der Waals surface area contributed by atoms with E-state index < -0.39 is 40.4 Å². The van der Waals surface area contributed by atoms with Gasteiger partial charge in [0.05, 0.1) is 22.9 Å². The van der Waals surface area contributed by atoms with Gasteiger partial charge < -0.3 is 10.0 Å². The number of halogens is 4. The van der Waals surface area contributed by atoms with Crippen LogP contribution in [-0.2, 0) is 28.3 Å². The third-order valence-electron chi connectivity index (χ3n) is 4.65. The van der Waals surface area contributed by atoms with Gasteiger partial charge in [0.2, 0.25) is 0 Å². The number of nitrogens with zero attached hydrogens (tertiary/aromatic N) is 2. The maximum Gasteiger partial charge on any atom is 0.419 e. The van der Waals surface area contributed by atoms with Crippen LogP contribution < -0.4 is 4.90 Å². The molecule has 1 N–H and O–H groups in total. The summed E-state index contributed by atoms with van der Waals surface area (Å²) in [4.78, 5) is 13.4. The molecule has 0 saturated heterocycles. The third-order valence-corrected chi connectivity index (χ3v) is 5.94. The molecule has 0 heterocycles. The van der Waals surface area contributed by atoms with Gasteiger partial charge in [-0.2, -0.15) is 18.4 Å². The average Bonchev–Trinajstić information content (AvgIpc) is 2.71. The predicted octanol–water partition coefficient (Wildman–Crippen LogP) is 4.42. The van der Waals surface area contributed by atoms with E-state index in [1.165, 1.54) is 23.1 Å². The van der Waals surface area contributed by atoms with Crippen LogP contribution >= 0.6 is 0 Å². The molecule has 5 nitrogen and oxygen atoms in total. The summed E-state index contributed by atoms with van der Waals surface area (Å²) in [7, 11) is -1.60. The van der Waals surface area contributed by atoms with E-state index in [-0.39, 0.29) is 34.9 Å². The maximum absolute atomic E-state index is 13.7. The van der Waals surface area contributed by atoms with E-state index in [2.05, 4.69) is 6.58 Å². The van der Waals surface area contributed by atoms with Gasteiger partial charge in [-0.1, -0.05) is 18.2 Å². The molecule has 32 heavy (non-hydrogen) atoms. The molecule has 2 rings (SSSR count). The summed E-state index contributed by atoms with van der Waals surface area (Å²) in [6, 6.07) is 7.46. The van der Waals surface area contributed by atoms with Crippen molar-refractivity contribution in [1.29, 1.82) is 5.26 Å². The molecule has 1 unspecified atom stereocenters. The van der Waals surface area contributed by atoms with Crippen LogP contribution in [0, 0.1) is 24.1 Å². The number of hydrogen-bond acceptors (Lipinski definition) is 4. The van der Waals surface area contributed by atoms with Crippen molar-refractivity contribution in [1.82, 2.24) is 0 Å². The Balaban J connectivity index is 2.61. The van der Waals surface area contributed by atoms with Crippen molar-refractivity contribution < 1.29 is 31.7 Å². The Morgan fingerprint density at radius 3 is 2.56 bits per heavy atom. The lowest BCUT2D eigenvalue weighted by Gasteiger charge is -2.32. The normalized spacial score (nSPS) is 13.1. The zero-order chi connectivity index (χ0) is 24.1. The smallest absolute Gasteiger partial charge is 0.419 e. The van der Waals surface area contributed by atoms with E-state index in [9.17, 15) is 36.9 Å². The first-order valence-electron chi connectivity index (χ1n) is 9.29. The summed E-state index contributed by atoms with van der Waals surface area (Å²) >= 11 is 0. The topological polar surface area (TPSA) is 81.4 Å². The van der Waals surface area contributed by atoms with Gasteiger partial charge in [0.25, 0.3) is 0 Å². The van der Waals surface area contributed by atoms with E-state index >= 15 is 0 Å². The zero-order valence-electron chi connectivity index (χ0n) is 17.0. The van der Waals surface area contributed by atoms with Crippen LogP contribution in [0.1, 0.15) is 22.3 Å². The summed E-state index contributed by atoms with van der Waals surface area (Å²) < 4.78 is 65.5. The van der Waals surface area contributed by atoms with Gasteiger partial charge in [0.1, 0.15) is 11.9 Å². The lowest BCUT2D eigenvalue weighted by molar-refractivity contribution is -0.140. The van der Waals surface area contributed by atoms with Crippen LogP contribution in [-0.4, -0.2) is 32.8 Å². The molecule has 0 saturated carbocycles. The average molecular weight is 468 g/mol. The first kappa shape index (κ1) is 25.1. The Morgan fingerprint density at radius 2 is 2.00 bits per heavy atom. The summed E-state index contributed by atoms with van der Waals surface area (Å²) in [6.07, 6.45) is -3.56. The van der Waals surface area contributed by atoms with Crippen LogP contribution in [0.25, 0.3) is 0 Å². The Morgan fingerprint density at radius 1 is 1.31 bits per heavy atom. The van der Waals surface area contributed by atoms with E-state index in [1.807, 2.05) is 6.07 Å². The quantitative estimate of drug-likeness (QED) is 0.435. The maximum atomic E-state index is 13.7. The van der Waals surface area contributed by atoms with Crippen molar-refractivity contribution >= 4 is 22.5 Å². The highest BCUT2D eigenvalue weighted by Gasteiger charge is 2.35. The SMILES string of the molecule is C=CCS(=O)C[C@@H](C(=O)O)N(Cc1ccc(F)c(C(F)(F)F)c1)c1cc(C#N)ccc1C. The van der Waals surface area contributed by atoms with Crippen molar-refractivity contribution in [2.45, 2.75) is 25.7 Å². The van der Waals surface area contributed by atoms with Gasteiger partial charge in [-0.3, -0.25) is 4.21 Å². The number of aryl methyl sites for hydroxylation is 1. The number of carboxylic acids is 1. The largest absolute Gasteiger partial charge is 0.480 e. The van der Waals surface area contributed by atoms with Gasteiger partial charge in [-0.05, 0) is 42.3 Å².